The molecule has 0 atom stereocenters. The number of sulfone groups is 1. The van der Waals surface area contributed by atoms with Crippen molar-refractivity contribution in [1.29, 1.82) is 0 Å². The molecule has 1 fully saturated rings. The second-order valence-electron chi connectivity index (χ2n) is 10.5. The van der Waals surface area contributed by atoms with Gasteiger partial charge in [0.1, 0.15) is 5.75 Å². The highest BCUT2D eigenvalue weighted by atomic mass is 32.2. The number of rotatable bonds is 8. The lowest BCUT2D eigenvalue weighted by atomic mass is 10.1. The molecule has 1 aliphatic heterocycles. The average molecular weight is 558 g/mol. The first kappa shape index (κ1) is 27.8. The van der Waals surface area contributed by atoms with E-state index in [4.69, 9.17) is 4.74 Å². The number of benzene rings is 3. The first-order valence-electron chi connectivity index (χ1n) is 13.7. The molecule has 8 heteroatoms. The van der Waals surface area contributed by atoms with Crippen LogP contribution in [0.2, 0.25) is 0 Å². The van der Waals surface area contributed by atoms with E-state index in [9.17, 15) is 13.2 Å². The summed E-state index contributed by atoms with van der Waals surface area (Å²) in [6.45, 7) is 7.83. The fourth-order valence-corrected chi connectivity index (χ4v) is 6.66. The number of hydrogen-bond donors (Lipinski definition) is 0. The van der Waals surface area contributed by atoms with Crippen LogP contribution in [0.15, 0.2) is 90.0 Å². The molecule has 0 aliphatic carbocycles. The Labute approximate surface area is 236 Å². The Kier molecular flexibility index (Phi) is 8.47. The van der Waals surface area contributed by atoms with Crippen molar-refractivity contribution in [2.45, 2.75) is 43.6 Å². The number of hydrogen-bond acceptors (Lipinski definition) is 6. The standard InChI is InChI=1S/C32H35N3O4S/c1-24(2)39-29-11-4-3-8-28(29)22-34-18-7-19-35(21-20-34)32(36)27-15-13-25(14-16-27)23-40(37,38)30-12-5-9-26-10-6-17-33-31(26)30/h3-6,8-17,24H,7,18-23H2,1-2H3. The zero-order valence-corrected chi connectivity index (χ0v) is 23.8. The van der Waals surface area contributed by atoms with Crippen molar-refractivity contribution in [3.63, 3.8) is 0 Å². The van der Waals surface area contributed by atoms with Crippen molar-refractivity contribution in [1.82, 2.24) is 14.8 Å². The molecule has 5 rings (SSSR count). The van der Waals surface area contributed by atoms with Crippen LogP contribution < -0.4 is 4.74 Å². The smallest absolute Gasteiger partial charge is 0.253 e. The molecular formula is C32H35N3O4S. The van der Waals surface area contributed by atoms with E-state index >= 15 is 0 Å². The molecule has 0 bridgehead atoms. The molecular weight excluding hydrogens is 522 g/mol. The van der Waals surface area contributed by atoms with Crippen LogP contribution in [0.4, 0.5) is 0 Å². The Bertz CT molecular complexity index is 1580. The zero-order valence-electron chi connectivity index (χ0n) is 23.0. The number of amides is 1. The summed E-state index contributed by atoms with van der Waals surface area (Å²) >= 11 is 0. The largest absolute Gasteiger partial charge is 0.491 e. The van der Waals surface area contributed by atoms with Gasteiger partial charge in [0.05, 0.1) is 22.3 Å². The highest BCUT2D eigenvalue weighted by molar-refractivity contribution is 7.90. The second-order valence-corrected chi connectivity index (χ2v) is 12.4. The molecule has 4 aromatic rings. The van der Waals surface area contributed by atoms with Gasteiger partial charge in [0, 0.05) is 55.4 Å². The van der Waals surface area contributed by atoms with Crippen LogP contribution in [0.1, 0.15) is 41.8 Å². The van der Waals surface area contributed by atoms with Crippen molar-refractivity contribution >= 4 is 26.6 Å². The van der Waals surface area contributed by atoms with Gasteiger partial charge >= 0.3 is 0 Å². The third-order valence-corrected chi connectivity index (χ3v) is 8.81. The van der Waals surface area contributed by atoms with Gasteiger partial charge in [-0.3, -0.25) is 14.7 Å². The van der Waals surface area contributed by atoms with Crippen LogP contribution in [0.5, 0.6) is 5.75 Å². The Hall–Kier alpha value is -3.75. The third-order valence-electron chi connectivity index (χ3n) is 7.09. The minimum atomic E-state index is -3.61. The Balaban J connectivity index is 1.22. The number of para-hydroxylation sites is 2. The molecule has 1 saturated heterocycles. The minimum absolute atomic E-state index is 0.0296. The molecule has 0 N–H and O–H groups in total. The van der Waals surface area contributed by atoms with E-state index in [-0.39, 0.29) is 22.7 Å². The van der Waals surface area contributed by atoms with Crippen molar-refractivity contribution in [2.24, 2.45) is 0 Å². The van der Waals surface area contributed by atoms with Crippen LogP contribution >= 0.6 is 0 Å². The van der Waals surface area contributed by atoms with Gasteiger partial charge in [-0.2, -0.15) is 0 Å². The summed E-state index contributed by atoms with van der Waals surface area (Å²) in [5, 5.41) is 0.786. The van der Waals surface area contributed by atoms with Gasteiger partial charge in [-0.05, 0) is 56.2 Å². The lowest BCUT2D eigenvalue weighted by molar-refractivity contribution is 0.0761. The fourth-order valence-electron chi connectivity index (χ4n) is 5.13. The summed E-state index contributed by atoms with van der Waals surface area (Å²) < 4.78 is 32.4. The minimum Gasteiger partial charge on any atom is -0.491 e. The number of fused-ring (bicyclic) bond motifs is 1. The molecule has 1 aromatic heterocycles. The second kappa shape index (κ2) is 12.2. The maximum Gasteiger partial charge on any atom is 0.253 e. The van der Waals surface area contributed by atoms with Gasteiger partial charge in [0.2, 0.25) is 0 Å². The van der Waals surface area contributed by atoms with Crippen molar-refractivity contribution in [3.05, 3.63) is 102 Å². The lowest BCUT2D eigenvalue weighted by Crippen LogP contribution is -2.35. The van der Waals surface area contributed by atoms with Crippen molar-refractivity contribution in [2.75, 3.05) is 26.2 Å². The SMILES string of the molecule is CC(C)Oc1ccccc1CN1CCCN(C(=O)c2ccc(CS(=O)(=O)c3cccc4cccnc34)cc2)CC1. The number of carbonyl (C=O) groups excluding carboxylic acids is 1. The van der Waals surface area contributed by atoms with Crippen LogP contribution in [-0.4, -0.2) is 61.4 Å². The molecule has 2 heterocycles. The Morgan fingerprint density at radius 2 is 1.68 bits per heavy atom. The zero-order chi connectivity index (χ0) is 28.1. The molecule has 7 nitrogen and oxygen atoms in total. The number of aromatic nitrogens is 1. The molecule has 0 radical (unpaired) electrons. The van der Waals surface area contributed by atoms with Crippen molar-refractivity contribution in [3.8, 4) is 5.75 Å². The van der Waals surface area contributed by atoms with E-state index in [1.165, 1.54) is 0 Å². The molecule has 1 amide bonds. The molecule has 3 aromatic carbocycles. The first-order valence-corrected chi connectivity index (χ1v) is 15.4. The monoisotopic (exact) mass is 557 g/mol. The maximum atomic E-state index is 13.3. The summed E-state index contributed by atoms with van der Waals surface area (Å²) in [6, 6.07) is 23.9. The quantitative estimate of drug-likeness (QED) is 0.291. The van der Waals surface area contributed by atoms with E-state index < -0.39 is 9.84 Å². The summed E-state index contributed by atoms with van der Waals surface area (Å²) in [5.74, 6) is 0.726. The van der Waals surface area contributed by atoms with Gasteiger partial charge in [-0.25, -0.2) is 8.42 Å². The van der Waals surface area contributed by atoms with Gasteiger partial charge in [0.15, 0.2) is 9.84 Å². The first-order chi connectivity index (χ1) is 19.3. The lowest BCUT2D eigenvalue weighted by Gasteiger charge is -2.23. The summed E-state index contributed by atoms with van der Waals surface area (Å²) in [6.07, 6.45) is 2.60. The van der Waals surface area contributed by atoms with Crippen LogP contribution in [0, 0.1) is 0 Å². The number of nitrogens with zero attached hydrogens (tertiary/aromatic N) is 3. The average Bonchev–Trinajstić information content (AvgIpc) is 3.19. The highest BCUT2D eigenvalue weighted by Crippen LogP contribution is 2.25. The van der Waals surface area contributed by atoms with Crippen molar-refractivity contribution < 1.29 is 17.9 Å². The summed E-state index contributed by atoms with van der Waals surface area (Å²) in [4.78, 5) is 22.1. The van der Waals surface area contributed by atoms with E-state index in [0.717, 1.165) is 42.8 Å². The molecule has 0 unspecified atom stereocenters. The van der Waals surface area contributed by atoms with E-state index in [1.807, 2.05) is 49.1 Å². The number of carbonyl (C=O) groups is 1. The molecule has 0 spiro atoms. The highest BCUT2D eigenvalue weighted by Gasteiger charge is 2.23. The molecule has 208 valence electrons. The third kappa shape index (κ3) is 6.51. The van der Waals surface area contributed by atoms with Crippen LogP contribution in [0.3, 0.4) is 0 Å². The summed E-state index contributed by atoms with van der Waals surface area (Å²) in [7, 11) is -3.61. The number of ether oxygens (including phenoxy) is 1. The van der Waals surface area contributed by atoms with Gasteiger partial charge in [-0.1, -0.05) is 48.5 Å². The topological polar surface area (TPSA) is 79.8 Å². The van der Waals surface area contributed by atoms with E-state index in [2.05, 4.69) is 16.0 Å². The van der Waals surface area contributed by atoms with Gasteiger partial charge in [-0.15, -0.1) is 0 Å². The fraction of sp³-hybridized carbons (Fsp3) is 0.312. The Morgan fingerprint density at radius 3 is 2.48 bits per heavy atom. The molecule has 0 saturated carbocycles. The van der Waals surface area contributed by atoms with E-state index in [0.29, 0.717) is 29.7 Å². The Morgan fingerprint density at radius 1 is 0.900 bits per heavy atom. The normalized spacial score (nSPS) is 14.8. The number of pyridine rings is 1. The van der Waals surface area contributed by atoms with Crippen LogP contribution in [0.25, 0.3) is 10.9 Å². The van der Waals surface area contributed by atoms with Crippen LogP contribution in [-0.2, 0) is 22.1 Å². The predicted octanol–water partition coefficient (Wildman–Crippen LogP) is 5.34. The van der Waals surface area contributed by atoms with E-state index in [1.54, 1.807) is 48.7 Å². The molecule has 40 heavy (non-hydrogen) atoms. The predicted molar refractivity (Wildman–Crippen MR) is 157 cm³/mol. The van der Waals surface area contributed by atoms with Gasteiger partial charge in [0.25, 0.3) is 5.91 Å². The molecule has 1 aliphatic rings. The maximum absolute atomic E-state index is 13.3. The van der Waals surface area contributed by atoms with Gasteiger partial charge < -0.3 is 9.64 Å². The summed E-state index contributed by atoms with van der Waals surface area (Å²) in [5.41, 5.74) is 2.83.